The summed E-state index contributed by atoms with van der Waals surface area (Å²) in [6, 6.07) is 5.52. The zero-order chi connectivity index (χ0) is 28.1. The summed E-state index contributed by atoms with van der Waals surface area (Å²) < 4.78 is 53.9. The van der Waals surface area contributed by atoms with Crippen LogP contribution in [0.5, 0.6) is 0 Å². The number of rotatable bonds is 10. The molecule has 1 aliphatic rings. The van der Waals surface area contributed by atoms with Gasteiger partial charge >= 0.3 is 6.18 Å². The molecule has 8 nitrogen and oxygen atoms in total. The van der Waals surface area contributed by atoms with Gasteiger partial charge in [-0.3, -0.25) is 14.3 Å². The van der Waals surface area contributed by atoms with Crippen molar-refractivity contribution in [1.29, 1.82) is 0 Å². The summed E-state index contributed by atoms with van der Waals surface area (Å²) in [6.45, 7) is 6.04. The van der Waals surface area contributed by atoms with Gasteiger partial charge in [-0.05, 0) is 45.7 Å². The molecular weight excluding hydrogens is 501 g/mol. The largest absolute Gasteiger partial charge is 0.417 e. The second-order valence-electron chi connectivity index (χ2n) is 10.5. The fourth-order valence-electron chi connectivity index (χ4n) is 4.43. The van der Waals surface area contributed by atoms with Crippen molar-refractivity contribution in [3.63, 3.8) is 0 Å². The number of halogens is 3. The van der Waals surface area contributed by atoms with Crippen LogP contribution in [0, 0.1) is 0 Å². The molecule has 0 saturated heterocycles. The summed E-state index contributed by atoms with van der Waals surface area (Å²) in [5.41, 5.74) is -1.23. The van der Waals surface area contributed by atoms with Crippen LogP contribution in [0.25, 0.3) is 11.3 Å². The lowest BCUT2D eigenvalue weighted by Crippen LogP contribution is -2.51. The van der Waals surface area contributed by atoms with Gasteiger partial charge in [-0.1, -0.05) is 31.0 Å². The highest BCUT2D eigenvalue weighted by Crippen LogP contribution is 2.40. The van der Waals surface area contributed by atoms with E-state index in [1.165, 1.54) is 36.3 Å². The fourth-order valence-corrected chi connectivity index (χ4v) is 4.43. The Morgan fingerprint density at radius 1 is 1.18 bits per heavy atom. The second kappa shape index (κ2) is 12.3. The molecule has 38 heavy (non-hydrogen) atoms. The molecule has 1 fully saturated rings. The molecule has 1 saturated carbocycles. The molecule has 0 unspecified atom stereocenters. The highest BCUT2D eigenvalue weighted by molar-refractivity contribution is 5.97. The van der Waals surface area contributed by atoms with Gasteiger partial charge in [0.25, 0.3) is 5.91 Å². The van der Waals surface area contributed by atoms with Crippen molar-refractivity contribution in [1.82, 2.24) is 20.0 Å². The molecule has 1 atom stereocenters. The molecule has 0 aliphatic heterocycles. The predicted octanol–water partition coefficient (Wildman–Crippen LogP) is 4.70. The molecule has 1 N–H and O–H groups in total. The summed E-state index contributed by atoms with van der Waals surface area (Å²) in [4.78, 5) is 27.9. The Morgan fingerprint density at radius 3 is 2.45 bits per heavy atom. The van der Waals surface area contributed by atoms with Crippen LogP contribution < -0.4 is 5.32 Å². The Labute approximate surface area is 221 Å². The molecule has 11 heteroatoms. The number of carbonyl (C=O) groups excluding carboxylic acids is 2. The molecule has 210 valence electrons. The lowest BCUT2D eigenvalue weighted by Gasteiger charge is -2.27. The molecule has 2 amide bonds. The van der Waals surface area contributed by atoms with E-state index in [0.717, 1.165) is 31.7 Å². The summed E-state index contributed by atoms with van der Waals surface area (Å²) in [7, 11) is 3.12. The minimum absolute atomic E-state index is 0.0403. The quantitative estimate of drug-likeness (QED) is 0.474. The van der Waals surface area contributed by atoms with Gasteiger partial charge in [-0.15, -0.1) is 0 Å². The third kappa shape index (κ3) is 7.57. The van der Waals surface area contributed by atoms with E-state index in [1.807, 2.05) is 20.8 Å². The van der Waals surface area contributed by atoms with Crippen LogP contribution in [-0.2, 0) is 20.4 Å². The Bertz CT molecular complexity index is 1100. The van der Waals surface area contributed by atoms with E-state index in [9.17, 15) is 22.8 Å². The molecule has 1 aromatic heterocycles. The maximum atomic E-state index is 13.8. The molecule has 0 spiro atoms. The van der Waals surface area contributed by atoms with Crippen LogP contribution in [0.15, 0.2) is 30.3 Å². The van der Waals surface area contributed by atoms with Gasteiger partial charge in [-0.25, -0.2) is 0 Å². The number of carbonyl (C=O) groups is 2. The van der Waals surface area contributed by atoms with Crippen molar-refractivity contribution < 1.29 is 32.2 Å². The number of benzene rings is 1. The van der Waals surface area contributed by atoms with Crippen LogP contribution in [0.2, 0.25) is 0 Å². The maximum Gasteiger partial charge on any atom is 0.417 e. The number of amides is 2. The van der Waals surface area contributed by atoms with Crippen molar-refractivity contribution in [3.05, 3.63) is 41.6 Å². The number of methoxy groups -OCH3 is 1. The standard InChI is InChI=1S/C27H37F3N4O4/c1-26(2,3)38-17-22(25(36)33(4)14-15-37-5)31-24(35)21-16-23(34(32-21)18-10-6-7-11-18)19-12-8-9-13-20(19)27(28,29)30/h8-9,12-13,16,18,22H,6-7,10-11,14-15,17H2,1-5H3,(H,31,35)/t22-/m0/s1. The first-order valence-electron chi connectivity index (χ1n) is 12.8. The second-order valence-corrected chi connectivity index (χ2v) is 10.5. The number of likely N-dealkylation sites (N-methyl/N-ethyl adjacent to an activating group) is 1. The Morgan fingerprint density at radius 2 is 1.84 bits per heavy atom. The van der Waals surface area contributed by atoms with Crippen LogP contribution in [0.3, 0.4) is 0 Å². The van der Waals surface area contributed by atoms with E-state index in [0.29, 0.717) is 13.2 Å². The van der Waals surface area contributed by atoms with Crippen LogP contribution >= 0.6 is 0 Å². The van der Waals surface area contributed by atoms with Gasteiger partial charge < -0.3 is 19.7 Å². The summed E-state index contributed by atoms with van der Waals surface area (Å²) >= 11 is 0. The smallest absolute Gasteiger partial charge is 0.383 e. The number of aromatic nitrogens is 2. The summed E-state index contributed by atoms with van der Waals surface area (Å²) in [5.74, 6) is -1.04. The van der Waals surface area contributed by atoms with E-state index in [2.05, 4.69) is 10.4 Å². The molecular formula is C27H37F3N4O4. The molecule has 1 aliphatic carbocycles. The average molecular weight is 539 g/mol. The zero-order valence-corrected chi connectivity index (χ0v) is 22.6. The molecule has 3 rings (SSSR count). The number of hydrogen-bond acceptors (Lipinski definition) is 5. The van der Waals surface area contributed by atoms with Crippen molar-refractivity contribution in [3.8, 4) is 11.3 Å². The monoisotopic (exact) mass is 538 g/mol. The first kappa shape index (κ1) is 29.6. The van der Waals surface area contributed by atoms with Gasteiger partial charge in [0.2, 0.25) is 5.91 Å². The van der Waals surface area contributed by atoms with Gasteiger partial charge in [-0.2, -0.15) is 18.3 Å². The van der Waals surface area contributed by atoms with E-state index in [-0.39, 0.29) is 35.5 Å². The summed E-state index contributed by atoms with van der Waals surface area (Å²) in [5, 5.41) is 7.16. The minimum atomic E-state index is -4.57. The Kier molecular flexibility index (Phi) is 9.59. The van der Waals surface area contributed by atoms with Crippen molar-refractivity contribution in [2.75, 3.05) is 33.9 Å². The van der Waals surface area contributed by atoms with E-state index in [4.69, 9.17) is 9.47 Å². The zero-order valence-electron chi connectivity index (χ0n) is 22.6. The normalized spacial score (nSPS) is 15.5. The van der Waals surface area contributed by atoms with Crippen LogP contribution in [-0.4, -0.2) is 72.1 Å². The average Bonchev–Trinajstić information content (AvgIpc) is 3.53. The third-order valence-electron chi connectivity index (χ3n) is 6.44. The molecule has 1 heterocycles. The maximum absolute atomic E-state index is 13.8. The van der Waals surface area contributed by atoms with Gasteiger partial charge in [0.1, 0.15) is 6.04 Å². The molecule has 0 bridgehead atoms. The molecule has 2 aromatic rings. The van der Waals surface area contributed by atoms with E-state index in [1.54, 1.807) is 11.7 Å². The van der Waals surface area contributed by atoms with Gasteiger partial charge in [0, 0.05) is 26.3 Å². The number of hydrogen-bond donors (Lipinski definition) is 1. The van der Waals surface area contributed by atoms with Crippen LogP contribution in [0.4, 0.5) is 13.2 Å². The van der Waals surface area contributed by atoms with Gasteiger partial charge in [0.05, 0.1) is 36.1 Å². The van der Waals surface area contributed by atoms with Crippen LogP contribution in [0.1, 0.15) is 68.5 Å². The Hall–Kier alpha value is -2.92. The number of nitrogens with one attached hydrogen (secondary N) is 1. The fraction of sp³-hybridized carbons (Fsp3) is 0.593. The topological polar surface area (TPSA) is 85.7 Å². The van der Waals surface area contributed by atoms with Crippen molar-refractivity contribution in [2.45, 2.75) is 70.3 Å². The first-order valence-corrected chi connectivity index (χ1v) is 12.8. The number of alkyl halides is 3. The Balaban J connectivity index is 1.95. The third-order valence-corrected chi connectivity index (χ3v) is 6.44. The lowest BCUT2D eigenvalue weighted by atomic mass is 10.0. The van der Waals surface area contributed by atoms with Gasteiger partial charge in [0.15, 0.2) is 5.69 Å². The number of nitrogens with zero attached hydrogens (tertiary/aromatic N) is 3. The number of ether oxygens (including phenoxy) is 2. The molecule has 1 aromatic carbocycles. The summed E-state index contributed by atoms with van der Waals surface area (Å²) in [6.07, 6.45) is -1.19. The SMILES string of the molecule is COCCN(C)C(=O)[C@H](COC(C)(C)C)NC(=O)c1cc(-c2ccccc2C(F)(F)F)n(C2CCCC2)n1. The molecule has 0 radical (unpaired) electrons. The lowest BCUT2D eigenvalue weighted by molar-refractivity contribution is -0.137. The van der Waals surface area contributed by atoms with Crippen molar-refractivity contribution in [2.24, 2.45) is 0 Å². The minimum Gasteiger partial charge on any atom is -0.383 e. The first-order chi connectivity index (χ1) is 17.8. The van der Waals surface area contributed by atoms with E-state index >= 15 is 0 Å². The highest BCUT2D eigenvalue weighted by atomic mass is 19.4. The highest BCUT2D eigenvalue weighted by Gasteiger charge is 2.36. The van der Waals surface area contributed by atoms with E-state index < -0.39 is 29.3 Å². The van der Waals surface area contributed by atoms with Crippen molar-refractivity contribution >= 4 is 11.8 Å². The predicted molar refractivity (Wildman–Crippen MR) is 137 cm³/mol.